The van der Waals surface area contributed by atoms with E-state index in [1.165, 1.54) is 28.6 Å². The number of ether oxygens (including phenoxy) is 3. The molecule has 2 atom stereocenters. The summed E-state index contributed by atoms with van der Waals surface area (Å²) < 4.78 is 43.5. The lowest BCUT2D eigenvalue weighted by Gasteiger charge is -2.34. The van der Waals surface area contributed by atoms with Gasteiger partial charge in [0.25, 0.3) is 0 Å². The lowest BCUT2D eigenvalue weighted by Crippen LogP contribution is -2.48. The molecule has 8 heteroatoms. The van der Waals surface area contributed by atoms with Crippen molar-refractivity contribution in [3.05, 3.63) is 54.1 Å². The highest BCUT2D eigenvalue weighted by molar-refractivity contribution is 7.89. The van der Waals surface area contributed by atoms with Crippen molar-refractivity contribution in [3.63, 3.8) is 0 Å². The van der Waals surface area contributed by atoms with E-state index in [2.05, 4.69) is 0 Å². The molecule has 0 radical (unpaired) electrons. The Kier molecular flexibility index (Phi) is 6.56. The van der Waals surface area contributed by atoms with Crippen molar-refractivity contribution in [2.24, 2.45) is 0 Å². The fourth-order valence-corrected chi connectivity index (χ4v) is 4.77. The molecule has 1 aliphatic rings. The average molecular weight is 419 g/mol. The molecule has 7 nitrogen and oxygen atoms in total. The van der Waals surface area contributed by atoms with Gasteiger partial charge in [-0.15, -0.1) is 0 Å². The molecule has 2 aromatic carbocycles. The molecule has 156 valence electrons. The van der Waals surface area contributed by atoms with Crippen molar-refractivity contribution in [2.45, 2.75) is 37.9 Å². The normalized spacial score (nSPS) is 20.2. The van der Waals surface area contributed by atoms with Crippen LogP contribution in [0.1, 0.15) is 31.1 Å². The van der Waals surface area contributed by atoms with Crippen molar-refractivity contribution < 1.29 is 27.4 Å². The van der Waals surface area contributed by atoms with Gasteiger partial charge in [0.05, 0.1) is 29.3 Å². The number of benzene rings is 2. The number of carbonyl (C=O) groups is 1. The molecule has 0 aliphatic carbocycles. The molecule has 1 saturated heterocycles. The first-order chi connectivity index (χ1) is 13.8. The number of carbonyl (C=O) groups excluding carboxylic acids is 1. The summed E-state index contributed by atoms with van der Waals surface area (Å²) in [7, 11) is -3.65. The van der Waals surface area contributed by atoms with E-state index in [4.69, 9.17) is 14.2 Å². The lowest BCUT2D eigenvalue weighted by molar-refractivity contribution is -0.0440. The van der Waals surface area contributed by atoms with Crippen LogP contribution in [0, 0.1) is 0 Å². The van der Waals surface area contributed by atoms with Crippen molar-refractivity contribution in [1.29, 1.82) is 0 Å². The minimum atomic E-state index is -3.65. The molecule has 0 unspecified atom stereocenters. The fraction of sp³-hybridized carbons (Fsp3) is 0.381. The molecule has 1 heterocycles. The van der Waals surface area contributed by atoms with E-state index in [1.807, 2.05) is 20.8 Å². The molecule has 0 bridgehead atoms. The largest absolute Gasteiger partial charge is 0.494 e. The van der Waals surface area contributed by atoms with Gasteiger partial charge in [-0.1, -0.05) is 0 Å². The second-order valence-electron chi connectivity index (χ2n) is 6.90. The maximum Gasteiger partial charge on any atom is 0.343 e. The molecule has 0 spiro atoms. The van der Waals surface area contributed by atoms with Crippen molar-refractivity contribution >= 4 is 16.0 Å². The van der Waals surface area contributed by atoms with Crippen LogP contribution in [0.5, 0.6) is 11.5 Å². The second kappa shape index (κ2) is 8.94. The zero-order valence-electron chi connectivity index (χ0n) is 16.7. The standard InChI is InChI=1S/C21H25NO6S/c1-4-26-18-7-9-19(10-8-18)28-21(23)17-5-11-20(12-6-17)29(24,25)22-13-15(2)27-16(3)14-22/h5-12,15-16H,4,13-14H2,1-3H3/t15-,16+. The van der Waals surface area contributed by atoms with Crippen LogP contribution in [0.3, 0.4) is 0 Å². The quantitative estimate of drug-likeness (QED) is 0.529. The number of sulfonamides is 1. The van der Waals surface area contributed by atoms with Crippen LogP contribution < -0.4 is 9.47 Å². The molecule has 0 N–H and O–H groups in total. The number of nitrogens with zero attached hydrogens (tertiary/aromatic N) is 1. The second-order valence-corrected chi connectivity index (χ2v) is 8.84. The predicted molar refractivity (Wildman–Crippen MR) is 108 cm³/mol. The van der Waals surface area contributed by atoms with Gasteiger partial charge in [-0.05, 0) is 69.3 Å². The summed E-state index contributed by atoms with van der Waals surface area (Å²) in [5, 5.41) is 0. The maximum atomic E-state index is 12.9. The molecular formula is C21H25NO6S. The summed E-state index contributed by atoms with van der Waals surface area (Å²) in [6, 6.07) is 12.5. The Morgan fingerprint density at radius 2 is 1.55 bits per heavy atom. The maximum absolute atomic E-state index is 12.9. The van der Waals surface area contributed by atoms with E-state index in [9.17, 15) is 13.2 Å². The van der Waals surface area contributed by atoms with Crippen molar-refractivity contribution in [3.8, 4) is 11.5 Å². The fourth-order valence-electron chi connectivity index (χ4n) is 3.18. The van der Waals surface area contributed by atoms with Gasteiger partial charge in [0.1, 0.15) is 11.5 Å². The molecule has 0 saturated carbocycles. The monoisotopic (exact) mass is 419 g/mol. The third kappa shape index (κ3) is 5.14. The predicted octanol–water partition coefficient (Wildman–Crippen LogP) is 3.10. The first-order valence-corrected chi connectivity index (χ1v) is 10.9. The number of rotatable bonds is 6. The Morgan fingerprint density at radius 3 is 2.10 bits per heavy atom. The SMILES string of the molecule is CCOc1ccc(OC(=O)c2ccc(S(=O)(=O)N3C[C@@H](C)O[C@@H](C)C3)cc2)cc1. The zero-order chi connectivity index (χ0) is 21.0. The smallest absolute Gasteiger partial charge is 0.343 e. The minimum absolute atomic E-state index is 0.136. The van der Waals surface area contributed by atoms with Gasteiger partial charge in [0, 0.05) is 13.1 Å². The summed E-state index contributed by atoms with van der Waals surface area (Å²) in [5.74, 6) is 0.506. The van der Waals surface area contributed by atoms with Crippen LogP contribution in [-0.2, 0) is 14.8 Å². The molecule has 0 aromatic heterocycles. The van der Waals surface area contributed by atoms with Crippen molar-refractivity contribution in [2.75, 3.05) is 19.7 Å². The Labute approximate surface area is 171 Å². The van der Waals surface area contributed by atoms with E-state index < -0.39 is 16.0 Å². The van der Waals surface area contributed by atoms with Gasteiger partial charge in [0.2, 0.25) is 10.0 Å². The molecule has 3 rings (SSSR count). The third-order valence-corrected chi connectivity index (χ3v) is 6.31. The summed E-state index contributed by atoms with van der Waals surface area (Å²) >= 11 is 0. The Balaban J connectivity index is 1.69. The topological polar surface area (TPSA) is 82.1 Å². The van der Waals surface area contributed by atoms with Crippen LogP contribution in [0.15, 0.2) is 53.4 Å². The summed E-state index contributed by atoms with van der Waals surface area (Å²) in [6.07, 6.45) is -0.339. The van der Waals surface area contributed by atoms with Crippen LogP contribution in [0.4, 0.5) is 0 Å². The first kappa shape index (κ1) is 21.3. The first-order valence-electron chi connectivity index (χ1n) is 9.50. The highest BCUT2D eigenvalue weighted by Crippen LogP contribution is 2.22. The molecule has 0 amide bonds. The van der Waals surface area contributed by atoms with E-state index in [1.54, 1.807) is 24.3 Å². The molecule has 1 aliphatic heterocycles. The van der Waals surface area contributed by atoms with Crippen LogP contribution >= 0.6 is 0 Å². The summed E-state index contributed by atoms with van der Waals surface area (Å²) in [5.41, 5.74) is 0.265. The number of morpholine rings is 1. The lowest BCUT2D eigenvalue weighted by atomic mass is 10.2. The number of esters is 1. The minimum Gasteiger partial charge on any atom is -0.494 e. The van der Waals surface area contributed by atoms with Gasteiger partial charge in [-0.3, -0.25) is 0 Å². The van der Waals surface area contributed by atoms with Gasteiger partial charge in [-0.25, -0.2) is 13.2 Å². The molecule has 2 aromatic rings. The number of hydrogen-bond acceptors (Lipinski definition) is 6. The zero-order valence-corrected chi connectivity index (χ0v) is 17.5. The Bertz CT molecular complexity index is 930. The van der Waals surface area contributed by atoms with Gasteiger partial charge in [-0.2, -0.15) is 4.31 Å². The number of hydrogen-bond donors (Lipinski definition) is 0. The van der Waals surface area contributed by atoms with Gasteiger partial charge in [0.15, 0.2) is 0 Å². The van der Waals surface area contributed by atoms with Crippen LogP contribution in [0.25, 0.3) is 0 Å². The van der Waals surface area contributed by atoms with E-state index in [0.29, 0.717) is 31.2 Å². The van der Waals surface area contributed by atoms with E-state index in [-0.39, 0.29) is 22.7 Å². The summed E-state index contributed by atoms with van der Waals surface area (Å²) in [4.78, 5) is 12.5. The molecule has 29 heavy (non-hydrogen) atoms. The van der Waals surface area contributed by atoms with Gasteiger partial charge >= 0.3 is 5.97 Å². The van der Waals surface area contributed by atoms with Crippen LogP contribution in [0.2, 0.25) is 0 Å². The van der Waals surface area contributed by atoms with Gasteiger partial charge < -0.3 is 14.2 Å². The average Bonchev–Trinajstić information content (AvgIpc) is 2.69. The Morgan fingerprint density at radius 1 is 1.00 bits per heavy atom. The summed E-state index contributed by atoms with van der Waals surface area (Å²) in [6.45, 7) is 6.73. The molecule has 1 fully saturated rings. The van der Waals surface area contributed by atoms with Crippen LogP contribution in [-0.4, -0.2) is 50.6 Å². The van der Waals surface area contributed by atoms with E-state index >= 15 is 0 Å². The highest BCUT2D eigenvalue weighted by Gasteiger charge is 2.32. The van der Waals surface area contributed by atoms with E-state index in [0.717, 1.165) is 0 Å². The third-order valence-electron chi connectivity index (χ3n) is 4.46. The van der Waals surface area contributed by atoms with Crippen molar-refractivity contribution in [1.82, 2.24) is 4.31 Å². The highest BCUT2D eigenvalue weighted by atomic mass is 32.2. The Hall–Kier alpha value is -2.42. The molecular weight excluding hydrogens is 394 g/mol.